The Balaban J connectivity index is 1.40. The number of hydrogen-bond acceptors (Lipinski definition) is 14. The predicted molar refractivity (Wildman–Crippen MR) is 278 cm³/mol. The summed E-state index contributed by atoms with van der Waals surface area (Å²) in [6, 6.07) is 6.64. The van der Waals surface area contributed by atoms with Gasteiger partial charge in [-0.2, -0.15) is 5.06 Å². The number of nitrogens with one attached hydrogen (secondary N) is 2. The summed E-state index contributed by atoms with van der Waals surface area (Å²) in [5.74, 6) is -4.17. The highest BCUT2D eigenvalue weighted by Crippen LogP contribution is 2.38. The van der Waals surface area contributed by atoms with Gasteiger partial charge in [0.2, 0.25) is 30.0 Å². The fourth-order valence-corrected chi connectivity index (χ4v) is 10.5. The molecular weight excluding hydrogens is 953 g/mol. The maximum Gasteiger partial charge on any atom is 0.254 e. The van der Waals surface area contributed by atoms with Crippen LogP contribution in [0.4, 0.5) is 0 Å². The lowest BCUT2D eigenvalue weighted by molar-refractivity contribution is -0.279. The van der Waals surface area contributed by atoms with Crippen molar-refractivity contribution in [2.45, 2.75) is 188 Å². The third-order valence-corrected chi connectivity index (χ3v) is 15.8. The van der Waals surface area contributed by atoms with Crippen LogP contribution in [0.5, 0.6) is 0 Å². The Hall–Kier alpha value is -4.34. The Labute approximate surface area is 440 Å². The van der Waals surface area contributed by atoms with E-state index in [2.05, 4.69) is 10.6 Å². The smallest absolute Gasteiger partial charge is 0.254 e. The van der Waals surface area contributed by atoms with E-state index in [4.69, 9.17) is 19.0 Å². The molecule has 74 heavy (non-hydrogen) atoms. The van der Waals surface area contributed by atoms with Gasteiger partial charge >= 0.3 is 0 Å². The molecule has 1 aromatic rings. The highest BCUT2D eigenvalue weighted by molar-refractivity contribution is 6.00. The summed E-state index contributed by atoms with van der Waals surface area (Å²) in [5, 5.41) is 40.0. The van der Waals surface area contributed by atoms with Crippen molar-refractivity contribution in [2.75, 3.05) is 41.4 Å². The minimum absolute atomic E-state index is 0.0341. The first-order chi connectivity index (χ1) is 34.9. The van der Waals surface area contributed by atoms with Gasteiger partial charge in [0, 0.05) is 52.6 Å². The van der Waals surface area contributed by atoms with Gasteiger partial charge in [-0.15, -0.1) is 0 Å². The van der Waals surface area contributed by atoms with Crippen molar-refractivity contribution in [1.29, 1.82) is 0 Å². The second-order valence-electron chi connectivity index (χ2n) is 22.0. The summed E-state index contributed by atoms with van der Waals surface area (Å²) in [5.41, 5.74) is -0.144. The molecule has 4 unspecified atom stereocenters. The van der Waals surface area contributed by atoms with E-state index in [0.29, 0.717) is 62.1 Å². The van der Waals surface area contributed by atoms with Gasteiger partial charge in [-0.3, -0.25) is 33.7 Å². The lowest BCUT2D eigenvalue weighted by Gasteiger charge is -2.41. The van der Waals surface area contributed by atoms with Crippen LogP contribution >= 0.6 is 0 Å². The van der Waals surface area contributed by atoms with E-state index >= 15 is 0 Å². The molecule has 2 fully saturated rings. The summed E-state index contributed by atoms with van der Waals surface area (Å²) < 4.78 is 18.1. The number of rotatable bonds is 27. The SMILES string of the molecule is CC[C@H](C)[C@@H](C(CC(=O)N1CCC[C@H]1[C@H](OC)[C@@H](C)C(=O)N[C@H](C)[C@@H](O)c1ccccc1)OC)N(C)C(=O)[C@@H](NC(=O)C(CN(C)C(O)O[C@H]1/C=C/CC[C@@](C)(C(O)ON2C(=O)CCC2=O)CC1)C(C)C)C(C)C. The average Bonchev–Trinajstić information content (AvgIpc) is 3.98. The molecule has 2 heterocycles. The monoisotopic (exact) mass is 1040 g/mol. The summed E-state index contributed by atoms with van der Waals surface area (Å²) >= 11 is 0. The van der Waals surface area contributed by atoms with E-state index in [1.807, 2.05) is 78.8 Å². The third kappa shape index (κ3) is 16.1. The summed E-state index contributed by atoms with van der Waals surface area (Å²) in [6.45, 7) is 17.4. The largest absolute Gasteiger partial charge is 0.386 e. The van der Waals surface area contributed by atoms with Crippen molar-refractivity contribution < 1.29 is 63.1 Å². The Bertz CT molecular complexity index is 2010. The molecule has 19 heteroatoms. The van der Waals surface area contributed by atoms with Crippen molar-refractivity contribution in [3.8, 4) is 0 Å². The van der Waals surface area contributed by atoms with Crippen LogP contribution in [0, 0.1) is 35.0 Å². The van der Waals surface area contributed by atoms with Crippen LogP contribution in [0.1, 0.15) is 138 Å². The number of methoxy groups -OCH3 is 2. The second-order valence-corrected chi connectivity index (χ2v) is 22.0. The van der Waals surface area contributed by atoms with Gasteiger partial charge in [0.05, 0.1) is 60.8 Å². The molecule has 14 atom stereocenters. The Morgan fingerprint density at radius 2 is 1.51 bits per heavy atom. The van der Waals surface area contributed by atoms with E-state index in [9.17, 15) is 44.1 Å². The van der Waals surface area contributed by atoms with E-state index in [1.54, 1.807) is 49.9 Å². The van der Waals surface area contributed by atoms with Crippen molar-refractivity contribution in [2.24, 2.45) is 35.0 Å². The van der Waals surface area contributed by atoms with Crippen LogP contribution in [0.25, 0.3) is 0 Å². The topological polar surface area (TPSA) is 237 Å². The number of aliphatic hydroxyl groups excluding tert-OH is 3. The number of aliphatic hydroxyl groups is 3. The number of likely N-dealkylation sites (N-methyl/N-ethyl adjacent to an activating group) is 1. The minimum atomic E-state index is -1.43. The normalized spacial score (nSPS) is 24.5. The van der Waals surface area contributed by atoms with Gasteiger partial charge < -0.3 is 50.0 Å². The number of carbonyl (C=O) groups is 6. The van der Waals surface area contributed by atoms with Crippen molar-refractivity contribution in [3.63, 3.8) is 0 Å². The van der Waals surface area contributed by atoms with E-state index in [1.165, 1.54) is 19.1 Å². The maximum absolute atomic E-state index is 14.7. The van der Waals surface area contributed by atoms with Gasteiger partial charge in [0.1, 0.15) is 6.04 Å². The highest BCUT2D eigenvalue weighted by Gasteiger charge is 2.44. The van der Waals surface area contributed by atoms with Crippen LogP contribution in [0.15, 0.2) is 42.5 Å². The number of hydroxylamine groups is 2. The first-order valence-electron chi connectivity index (χ1n) is 26.8. The fraction of sp³-hybridized carbons (Fsp3) is 0.745. The van der Waals surface area contributed by atoms with Crippen molar-refractivity contribution in [3.05, 3.63) is 48.0 Å². The van der Waals surface area contributed by atoms with Crippen LogP contribution in [0.2, 0.25) is 0 Å². The number of likely N-dealkylation sites (tertiary alicyclic amines) is 1. The zero-order valence-electron chi connectivity index (χ0n) is 46.4. The lowest BCUT2D eigenvalue weighted by Crippen LogP contribution is -2.59. The molecule has 3 aliphatic rings. The first-order valence-corrected chi connectivity index (χ1v) is 26.8. The van der Waals surface area contributed by atoms with E-state index < -0.39 is 90.4 Å². The number of allylic oxidation sites excluding steroid dienone is 1. The van der Waals surface area contributed by atoms with Crippen LogP contribution < -0.4 is 10.6 Å². The summed E-state index contributed by atoms with van der Waals surface area (Å²) in [7, 11) is 6.39. The summed E-state index contributed by atoms with van der Waals surface area (Å²) in [6.07, 6.45) is 1.93. The standard InChI is InChI=1S/C55H90N6O13/c1-14-35(6)47(42(71-12)31-45(64)60-30-20-24-41(60)49(72-13)36(7)50(66)56-37(8)48(65)38-21-16-15-17-22-38)59(11)52(68)46(34(4)5)57-51(67)40(33(2)3)32-58(10)54(70)73-39-23-18-19-28-55(9,29-27-39)53(69)74-61-43(62)25-26-44(61)63/h15-18,21-23,33-37,39-42,46-49,53-54,65,69-70H,14,19-20,24-32H2,1-13H3,(H,56,66)(H,57,67)/b23-18+/t35-,36+,37+,39-,40?,41-,42?,46-,47-,48+,49+,53?,54?,55+/m0/s1. The number of carbonyl (C=O) groups excluding carboxylic acids is 6. The quantitative estimate of drug-likeness (QED) is 0.0457. The number of hydrogen-bond donors (Lipinski definition) is 5. The molecule has 418 valence electrons. The Morgan fingerprint density at radius 3 is 2.09 bits per heavy atom. The van der Waals surface area contributed by atoms with Gasteiger partial charge in [-0.05, 0) is 75.8 Å². The molecular formula is C55H90N6O13. The zero-order chi connectivity index (χ0) is 55.2. The molecule has 6 amide bonds. The highest BCUT2D eigenvalue weighted by atomic mass is 16.8. The number of amides is 6. The van der Waals surface area contributed by atoms with Gasteiger partial charge in [-0.25, -0.2) is 4.84 Å². The second kappa shape index (κ2) is 28.7. The van der Waals surface area contributed by atoms with Crippen molar-refractivity contribution >= 4 is 35.4 Å². The number of ether oxygens (including phenoxy) is 3. The van der Waals surface area contributed by atoms with Crippen molar-refractivity contribution in [1.82, 2.24) is 30.4 Å². The Morgan fingerprint density at radius 1 is 0.865 bits per heavy atom. The fourth-order valence-electron chi connectivity index (χ4n) is 10.5. The summed E-state index contributed by atoms with van der Waals surface area (Å²) in [4.78, 5) is 91.8. The molecule has 0 saturated carbocycles. The Kier molecular flexibility index (Phi) is 24.1. The molecule has 2 aliphatic heterocycles. The molecule has 2 saturated heterocycles. The van der Waals surface area contributed by atoms with Crippen LogP contribution in [0.3, 0.4) is 0 Å². The zero-order valence-corrected chi connectivity index (χ0v) is 46.4. The van der Waals surface area contributed by atoms with E-state index in [0.717, 1.165) is 0 Å². The average molecular weight is 1040 g/mol. The molecule has 1 aliphatic carbocycles. The van der Waals surface area contributed by atoms with Crippen LogP contribution in [-0.4, -0.2) is 167 Å². The molecule has 5 N–H and O–H groups in total. The molecule has 0 bridgehead atoms. The number of benzene rings is 1. The molecule has 0 radical (unpaired) electrons. The number of nitrogens with zero attached hydrogens (tertiary/aromatic N) is 4. The molecule has 0 spiro atoms. The predicted octanol–water partition coefficient (Wildman–Crippen LogP) is 4.69. The first kappa shape index (κ1) is 62.2. The maximum atomic E-state index is 14.7. The molecule has 19 nitrogen and oxygen atoms in total. The van der Waals surface area contributed by atoms with Crippen LogP contribution in [-0.2, 0) is 47.8 Å². The van der Waals surface area contributed by atoms with E-state index in [-0.39, 0.29) is 67.2 Å². The van der Waals surface area contributed by atoms with Gasteiger partial charge in [0.25, 0.3) is 11.8 Å². The molecule has 1 aromatic carbocycles. The number of imide groups is 1. The molecule has 4 rings (SSSR count). The lowest BCUT2D eigenvalue weighted by atomic mass is 9.78. The van der Waals surface area contributed by atoms with Gasteiger partial charge in [-0.1, -0.05) is 104 Å². The minimum Gasteiger partial charge on any atom is -0.386 e. The van der Waals surface area contributed by atoms with Gasteiger partial charge in [0.15, 0.2) is 6.29 Å². The third-order valence-electron chi connectivity index (χ3n) is 15.8. The molecule has 0 aromatic heterocycles.